The molecule has 0 radical (unpaired) electrons. The largest absolute Gasteiger partial charge is 0.333 e. The molecule has 0 aromatic heterocycles. The molecule has 2 nitrogen and oxygen atoms in total. The van der Waals surface area contributed by atoms with Crippen molar-refractivity contribution in [2.45, 2.75) is 33.2 Å². The highest BCUT2D eigenvalue weighted by atomic mass is 15.2. The smallest absolute Gasteiger partial charge is 0.107 e. The van der Waals surface area contributed by atoms with Crippen LogP contribution < -0.4 is 4.90 Å². The summed E-state index contributed by atoms with van der Waals surface area (Å²) < 4.78 is 0. The number of hydrogen-bond acceptors (Lipinski definition) is 2. The molecule has 2 heteroatoms. The Kier molecular flexibility index (Phi) is 2.53. The molecule has 0 saturated carbocycles. The molecule has 1 aromatic rings. The van der Waals surface area contributed by atoms with E-state index in [9.17, 15) is 0 Å². The minimum Gasteiger partial charge on any atom is -0.333 e. The minimum atomic E-state index is -0.108. The molecule has 0 bridgehead atoms. The average Bonchev–Trinajstić information content (AvgIpc) is 2.23. The molecule has 1 heterocycles. The van der Waals surface area contributed by atoms with Crippen LogP contribution in [0, 0.1) is 5.92 Å². The first kappa shape index (κ1) is 11.2. The Bertz CT molecular complexity index is 430. The lowest BCUT2D eigenvalue weighted by molar-refractivity contribution is 0.541. The Balaban J connectivity index is 2.59. The molecule has 86 valence electrons. The molecule has 0 saturated heterocycles. The number of anilines is 1. The highest BCUT2D eigenvalue weighted by Crippen LogP contribution is 2.37. The molecule has 0 spiro atoms. The van der Waals surface area contributed by atoms with Gasteiger partial charge in [0.25, 0.3) is 0 Å². The molecule has 0 atom stereocenters. The molecule has 2 rings (SSSR count). The van der Waals surface area contributed by atoms with Gasteiger partial charge in [-0.25, -0.2) is 0 Å². The van der Waals surface area contributed by atoms with Gasteiger partial charge in [0.2, 0.25) is 0 Å². The molecule has 0 aliphatic carbocycles. The van der Waals surface area contributed by atoms with E-state index in [1.807, 2.05) is 0 Å². The number of amidine groups is 1. The fourth-order valence-electron chi connectivity index (χ4n) is 2.34. The van der Waals surface area contributed by atoms with Crippen molar-refractivity contribution < 1.29 is 0 Å². The van der Waals surface area contributed by atoms with Crippen LogP contribution in [-0.4, -0.2) is 12.9 Å². The second kappa shape index (κ2) is 3.62. The van der Waals surface area contributed by atoms with Gasteiger partial charge in [0, 0.05) is 24.2 Å². The van der Waals surface area contributed by atoms with Gasteiger partial charge in [0.05, 0.1) is 5.54 Å². The van der Waals surface area contributed by atoms with Gasteiger partial charge in [0.1, 0.15) is 5.84 Å². The van der Waals surface area contributed by atoms with E-state index in [1.54, 1.807) is 0 Å². The van der Waals surface area contributed by atoms with Gasteiger partial charge >= 0.3 is 0 Å². The van der Waals surface area contributed by atoms with E-state index in [4.69, 9.17) is 4.99 Å². The zero-order chi connectivity index (χ0) is 11.9. The summed E-state index contributed by atoms with van der Waals surface area (Å²) in [5.41, 5.74) is 2.48. The summed E-state index contributed by atoms with van der Waals surface area (Å²) in [5, 5.41) is 0. The first-order valence-corrected chi connectivity index (χ1v) is 5.86. The lowest BCUT2D eigenvalue weighted by Gasteiger charge is -2.37. The van der Waals surface area contributed by atoms with Crippen LogP contribution in [0.3, 0.4) is 0 Å². The molecular weight excluding hydrogens is 196 g/mol. The standard InChI is InChI=1S/C14H20N2/c1-10(2)13-15-14(3,4)11-8-6-7-9-12(11)16(13)5/h6-10H,1-5H3. The Morgan fingerprint density at radius 3 is 2.44 bits per heavy atom. The van der Waals surface area contributed by atoms with Crippen LogP contribution in [0.5, 0.6) is 0 Å². The summed E-state index contributed by atoms with van der Waals surface area (Å²) in [6.07, 6.45) is 0. The van der Waals surface area contributed by atoms with E-state index < -0.39 is 0 Å². The van der Waals surface area contributed by atoms with Crippen LogP contribution in [0.1, 0.15) is 33.3 Å². The minimum absolute atomic E-state index is 0.108. The highest BCUT2D eigenvalue weighted by molar-refractivity contribution is 6.01. The van der Waals surface area contributed by atoms with Gasteiger partial charge in [0.15, 0.2) is 0 Å². The Morgan fingerprint density at radius 1 is 1.19 bits per heavy atom. The molecule has 0 amide bonds. The average molecular weight is 216 g/mol. The molecule has 1 aromatic carbocycles. The molecular formula is C14H20N2. The van der Waals surface area contributed by atoms with Gasteiger partial charge in [-0.05, 0) is 19.9 Å². The van der Waals surface area contributed by atoms with Gasteiger partial charge < -0.3 is 4.90 Å². The molecule has 0 N–H and O–H groups in total. The molecule has 1 aliphatic heterocycles. The number of aliphatic imine (C=N–C) groups is 1. The van der Waals surface area contributed by atoms with Crippen LogP contribution in [-0.2, 0) is 5.54 Å². The topological polar surface area (TPSA) is 15.6 Å². The van der Waals surface area contributed by atoms with Crippen molar-refractivity contribution in [1.29, 1.82) is 0 Å². The van der Waals surface area contributed by atoms with Crippen molar-refractivity contribution in [1.82, 2.24) is 0 Å². The maximum Gasteiger partial charge on any atom is 0.107 e. The summed E-state index contributed by atoms with van der Waals surface area (Å²) >= 11 is 0. The monoisotopic (exact) mass is 216 g/mol. The van der Waals surface area contributed by atoms with Crippen LogP contribution in [0.25, 0.3) is 0 Å². The lowest BCUT2D eigenvalue weighted by atomic mass is 9.90. The van der Waals surface area contributed by atoms with Crippen molar-refractivity contribution in [2.75, 3.05) is 11.9 Å². The number of benzene rings is 1. The Hall–Kier alpha value is -1.31. The van der Waals surface area contributed by atoms with E-state index in [-0.39, 0.29) is 5.54 Å². The Morgan fingerprint density at radius 2 is 1.81 bits per heavy atom. The maximum atomic E-state index is 4.88. The molecule has 16 heavy (non-hydrogen) atoms. The SMILES string of the molecule is CC(C)C1=NC(C)(C)c2ccccc2N1C. The van der Waals surface area contributed by atoms with Crippen LogP contribution in [0.15, 0.2) is 29.3 Å². The number of hydrogen-bond donors (Lipinski definition) is 0. The van der Waals surface area contributed by atoms with Gasteiger partial charge in [-0.2, -0.15) is 0 Å². The van der Waals surface area contributed by atoms with Crippen molar-refractivity contribution in [3.8, 4) is 0 Å². The van der Waals surface area contributed by atoms with E-state index >= 15 is 0 Å². The highest BCUT2D eigenvalue weighted by Gasteiger charge is 2.31. The third kappa shape index (κ3) is 1.62. The summed E-state index contributed by atoms with van der Waals surface area (Å²) in [5.74, 6) is 1.63. The fourth-order valence-corrected chi connectivity index (χ4v) is 2.34. The molecule has 0 fully saturated rings. The van der Waals surface area contributed by atoms with E-state index in [0.29, 0.717) is 5.92 Å². The molecule has 0 unspecified atom stereocenters. The molecule has 1 aliphatic rings. The Labute approximate surface area is 98.0 Å². The fraction of sp³-hybridized carbons (Fsp3) is 0.500. The van der Waals surface area contributed by atoms with Crippen LogP contribution >= 0.6 is 0 Å². The van der Waals surface area contributed by atoms with E-state index in [2.05, 4.69) is 63.9 Å². The van der Waals surface area contributed by atoms with E-state index in [1.165, 1.54) is 17.1 Å². The third-order valence-corrected chi connectivity index (χ3v) is 3.18. The van der Waals surface area contributed by atoms with Crippen molar-refractivity contribution >= 4 is 11.5 Å². The number of rotatable bonds is 1. The van der Waals surface area contributed by atoms with Gasteiger partial charge in [-0.1, -0.05) is 32.0 Å². The quantitative estimate of drug-likeness (QED) is 0.702. The predicted molar refractivity (Wildman–Crippen MR) is 70.1 cm³/mol. The normalized spacial score (nSPS) is 18.4. The first-order valence-electron chi connectivity index (χ1n) is 5.86. The van der Waals surface area contributed by atoms with Gasteiger partial charge in [-0.3, -0.25) is 4.99 Å². The van der Waals surface area contributed by atoms with E-state index in [0.717, 1.165) is 0 Å². The zero-order valence-corrected chi connectivity index (χ0v) is 10.8. The summed E-state index contributed by atoms with van der Waals surface area (Å²) in [6, 6.07) is 8.53. The zero-order valence-electron chi connectivity index (χ0n) is 10.8. The first-order chi connectivity index (χ1) is 7.43. The summed E-state index contributed by atoms with van der Waals surface area (Å²) in [6.45, 7) is 8.75. The lowest BCUT2D eigenvalue weighted by Crippen LogP contribution is -2.39. The maximum absolute atomic E-state index is 4.88. The van der Waals surface area contributed by atoms with Crippen molar-refractivity contribution in [2.24, 2.45) is 10.9 Å². The van der Waals surface area contributed by atoms with Crippen molar-refractivity contribution in [3.05, 3.63) is 29.8 Å². The summed E-state index contributed by atoms with van der Waals surface area (Å²) in [7, 11) is 2.10. The number of fused-ring (bicyclic) bond motifs is 1. The predicted octanol–water partition coefficient (Wildman–Crippen LogP) is 3.43. The van der Waals surface area contributed by atoms with Gasteiger partial charge in [-0.15, -0.1) is 0 Å². The summed E-state index contributed by atoms with van der Waals surface area (Å²) in [4.78, 5) is 7.09. The number of nitrogens with zero attached hydrogens (tertiary/aromatic N) is 2. The third-order valence-electron chi connectivity index (χ3n) is 3.18. The second-order valence-electron chi connectivity index (χ2n) is 5.26. The van der Waals surface area contributed by atoms with Crippen molar-refractivity contribution in [3.63, 3.8) is 0 Å². The van der Waals surface area contributed by atoms with Crippen LogP contribution in [0.2, 0.25) is 0 Å². The number of para-hydroxylation sites is 1. The van der Waals surface area contributed by atoms with Crippen LogP contribution in [0.4, 0.5) is 5.69 Å². The second-order valence-corrected chi connectivity index (χ2v) is 5.26.